The van der Waals surface area contributed by atoms with Crippen LogP contribution in [0.25, 0.3) is 0 Å². The Morgan fingerprint density at radius 3 is 2.82 bits per heavy atom. The summed E-state index contributed by atoms with van der Waals surface area (Å²) >= 11 is 0. The van der Waals surface area contributed by atoms with Crippen molar-refractivity contribution in [3.63, 3.8) is 0 Å². The first-order valence-corrected chi connectivity index (χ1v) is 3.85. The third kappa shape index (κ3) is 1.16. The summed E-state index contributed by atoms with van der Waals surface area (Å²) in [6.07, 6.45) is -0.108. The molecule has 0 aliphatic carbocycles. The average molecular weight is 159 g/mol. The Labute approximate surface area is 65.7 Å². The summed E-state index contributed by atoms with van der Waals surface area (Å²) in [5, 5.41) is 8.77. The molecule has 0 amide bonds. The summed E-state index contributed by atoms with van der Waals surface area (Å²) in [5.41, 5.74) is 0. The molecule has 0 radical (unpaired) electrons. The van der Waals surface area contributed by atoms with Gasteiger partial charge in [0.25, 0.3) is 0 Å². The molecule has 2 rings (SSSR count). The van der Waals surface area contributed by atoms with Crippen molar-refractivity contribution in [1.82, 2.24) is 4.90 Å². The first-order chi connectivity index (χ1) is 5.24. The van der Waals surface area contributed by atoms with Crippen LogP contribution >= 0.6 is 0 Å². The Kier molecular flexibility index (Phi) is 1.64. The standard InChI is InChI=1S/C7H13NO3/c1-8-4-7(5-8)10-3-6(2-9)11-7/h6,9H,2-5H2,1H3. The highest BCUT2D eigenvalue weighted by Gasteiger charge is 2.49. The fraction of sp³-hybridized carbons (Fsp3) is 1.00. The van der Waals surface area contributed by atoms with Crippen molar-refractivity contribution in [1.29, 1.82) is 0 Å². The third-order valence-corrected chi connectivity index (χ3v) is 2.14. The van der Waals surface area contributed by atoms with Crippen LogP contribution in [0.1, 0.15) is 0 Å². The SMILES string of the molecule is CN1CC2(C1)OCC(CO)O2. The van der Waals surface area contributed by atoms with E-state index in [1.807, 2.05) is 7.05 Å². The zero-order valence-electron chi connectivity index (χ0n) is 6.62. The summed E-state index contributed by atoms with van der Waals surface area (Å²) in [6.45, 7) is 2.24. The van der Waals surface area contributed by atoms with E-state index < -0.39 is 0 Å². The Morgan fingerprint density at radius 2 is 2.36 bits per heavy atom. The van der Waals surface area contributed by atoms with Gasteiger partial charge in [-0.25, -0.2) is 0 Å². The highest BCUT2D eigenvalue weighted by atomic mass is 16.8. The van der Waals surface area contributed by atoms with E-state index in [9.17, 15) is 0 Å². The minimum absolute atomic E-state index is 0.0610. The van der Waals surface area contributed by atoms with Crippen molar-refractivity contribution in [2.45, 2.75) is 11.9 Å². The number of aliphatic hydroxyl groups is 1. The van der Waals surface area contributed by atoms with Crippen LogP contribution in [-0.2, 0) is 9.47 Å². The number of nitrogens with zero attached hydrogens (tertiary/aromatic N) is 1. The average Bonchev–Trinajstić information content (AvgIpc) is 2.31. The minimum atomic E-state index is -0.373. The van der Waals surface area contributed by atoms with Gasteiger partial charge in [0.1, 0.15) is 6.10 Å². The van der Waals surface area contributed by atoms with Gasteiger partial charge in [-0.3, -0.25) is 4.90 Å². The summed E-state index contributed by atoms with van der Waals surface area (Å²) < 4.78 is 10.9. The summed E-state index contributed by atoms with van der Waals surface area (Å²) in [4.78, 5) is 2.12. The van der Waals surface area contributed by atoms with Gasteiger partial charge >= 0.3 is 0 Å². The summed E-state index contributed by atoms with van der Waals surface area (Å²) in [6, 6.07) is 0. The number of aliphatic hydroxyl groups excluding tert-OH is 1. The zero-order chi connectivity index (χ0) is 7.90. The van der Waals surface area contributed by atoms with Crippen LogP contribution in [0, 0.1) is 0 Å². The lowest BCUT2D eigenvalue weighted by atomic mass is 10.1. The molecular formula is C7H13NO3. The molecule has 2 aliphatic heterocycles. The molecule has 1 N–H and O–H groups in total. The van der Waals surface area contributed by atoms with Gasteiger partial charge in [0, 0.05) is 0 Å². The molecule has 1 unspecified atom stereocenters. The summed E-state index contributed by atoms with van der Waals surface area (Å²) in [5.74, 6) is -0.373. The quantitative estimate of drug-likeness (QED) is 0.535. The van der Waals surface area contributed by atoms with Gasteiger partial charge in [-0.1, -0.05) is 0 Å². The topological polar surface area (TPSA) is 41.9 Å². The first kappa shape index (κ1) is 7.49. The molecule has 2 fully saturated rings. The zero-order valence-corrected chi connectivity index (χ0v) is 6.62. The van der Waals surface area contributed by atoms with Crippen LogP contribution in [0.3, 0.4) is 0 Å². The van der Waals surface area contributed by atoms with Gasteiger partial charge in [0.05, 0.1) is 26.3 Å². The van der Waals surface area contributed by atoms with Gasteiger partial charge in [-0.05, 0) is 7.05 Å². The van der Waals surface area contributed by atoms with Gasteiger partial charge in [0.2, 0.25) is 0 Å². The molecule has 2 aliphatic rings. The molecule has 4 nitrogen and oxygen atoms in total. The van der Waals surface area contributed by atoms with Crippen LogP contribution in [0.2, 0.25) is 0 Å². The molecule has 0 bridgehead atoms. The second kappa shape index (κ2) is 2.42. The molecule has 64 valence electrons. The second-order valence-electron chi connectivity index (χ2n) is 3.32. The van der Waals surface area contributed by atoms with Crippen molar-refractivity contribution < 1.29 is 14.6 Å². The highest BCUT2D eigenvalue weighted by molar-refractivity contribution is 4.92. The van der Waals surface area contributed by atoms with Crippen molar-refractivity contribution in [3.8, 4) is 0 Å². The predicted octanol–water partition coefficient (Wildman–Crippen LogP) is -0.964. The molecule has 2 saturated heterocycles. The van der Waals surface area contributed by atoms with E-state index in [4.69, 9.17) is 14.6 Å². The molecule has 1 spiro atoms. The van der Waals surface area contributed by atoms with E-state index in [-0.39, 0.29) is 18.5 Å². The van der Waals surface area contributed by atoms with Crippen molar-refractivity contribution in [2.24, 2.45) is 0 Å². The lowest BCUT2D eigenvalue weighted by Gasteiger charge is -2.43. The molecule has 0 saturated carbocycles. The second-order valence-corrected chi connectivity index (χ2v) is 3.32. The monoisotopic (exact) mass is 159 g/mol. The molecule has 2 heterocycles. The first-order valence-electron chi connectivity index (χ1n) is 3.85. The molecule has 1 atom stereocenters. The smallest absolute Gasteiger partial charge is 0.194 e. The van der Waals surface area contributed by atoms with E-state index in [1.165, 1.54) is 0 Å². The number of likely N-dealkylation sites (N-methyl/N-ethyl adjacent to an activating group) is 1. The lowest BCUT2D eigenvalue weighted by Crippen LogP contribution is -2.61. The van der Waals surface area contributed by atoms with Crippen LogP contribution < -0.4 is 0 Å². The Bertz CT molecular complexity index is 156. The van der Waals surface area contributed by atoms with E-state index >= 15 is 0 Å². The van der Waals surface area contributed by atoms with E-state index in [0.29, 0.717) is 6.61 Å². The van der Waals surface area contributed by atoms with E-state index in [1.54, 1.807) is 0 Å². The van der Waals surface area contributed by atoms with Gasteiger partial charge < -0.3 is 14.6 Å². The normalized spacial score (nSPS) is 36.0. The Hall–Kier alpha value is -0.160. The maximum atomic E-state index is 8.77. The van der Waals surface area contributed by atoms with Crippen molar-refractivity contribution >= 4 is 0 Å². The molecule has 4 heteroatoms. The largest absolute Gasteiger partial charge is 0.394 e. The van der Waals surface area contributed by atoms with Crippen LogP contribution in [0.4, 0.5) is 0 Å². The van der Waals surface area contributed by atoms with Crippen LogP contribution in [0.5, 0.6) is 0 Å². The molecular weight excluding hydrogens is 146 g/mol. The third-order valence-electron chi connectivity index (χ3n) is 2.14. The maximum absolute atomic E-state index is 8.77. The van der Waals surface area contributed by atoms with E-state index in [0.717, 1.165) is 13.1 Å². The molecule has 0 aromatic heterocycles. The Balaban J connectivity index is 1.89. The Morgan fingerprint density at radius 1 is 1.64 bits per heavy atom. The predicted molar refractivity (Wildman–Crippen MR) is 38.1 cm³/mol. The van der Waals surface area contributed by atoms with Gasteiger partial charge in [0.15, 0.2) is 5.79 Å². The number of rotatable bonds is 1. The minimum Gasteiger partial charge on any atom is -0.394 e. The molecule has 0 aromatic rings. The molecule has 11 heavy (non-hydrogen) atoms. The number of ether oxygens (including phenoxy) is 2. The number of likely N-dealkylation sites (tertiary alicyclic amines) is 1. The van der Waals surface area contributed by atoms with Crippen LogP contribution in [-0.4, -0.2) is 55.2 Å². The highest BCUT2D eigenvalue weighted by Crippen LogP contribution is 2.31. The van der Waals surface area contributed by atoms with Crippen LogP contribution in [0.15, 0.2) is 0 Å². The van der Waals surface area contributed by atoms with Crippen molar-refractivity contribution in [3.05, 3.63) is 0 Å². The maximum Gasteiger partial charge on any atom is 0.194 e. The van der Waals surface area contributed by atoms with E-state index in [2.05, 4.69) is 4.90 Å². The number of hydrogen-bond acceptors (Lipinski definition) is 4. The van der Waals surface area contributed by atoms with Crippen molar-refractivity contribution in [2.75, 3.05) is 33.4 Å². The van der Waals surface area contributed by atoms with Gasteiger partial charge in [-0.2, -0.15) is 0 Å². The fourth-order valence-electron chi connectivity index (χ4n) is 1.65. The summed E-state index contributed by atoms with van der Waals surface area (Å²) in [7, 11) is 2.02. The molecule has 0 aromatic carbocycles. The van der Waals surface area contributed by atoms with Gasteiger partial charge in [-0.15, -0.1) is 0 Å². The number of hydrogen-bond donors (Lipinski definition) is 1. The fourth-order valence-corrected chi connectivity index (χ4v) is 1.65. The lowest BCUT2D eigenvalue weighted by molar-refractivity contribution is -0.242.